The summed E-state index contributed by atoms with van der Waals surface area (Å²) in [5, 5.41) is 0. The van der Waals surface area contributed by atoms with Gasteiger partial charge in [0.25, 0.3) is 11.8 Å². The zero-order valence-electron chi connectivity index (χ0n) is 17.5. The first-order chi connectivity index (χ1) is 15.0. The summed E-state index contributed by atoms with van der Waals surface area (Å²) in [4.78, 5) is 40.0. The van der Waals surface area contributed by atoms with Gasteiger partial charge in [-0.2, -0.15) is 0 Å². The number of carbonyl (C=O) groups is 3. The Labute approximate surface area is 191 Å². The van der Waals surface area contributed by atoms with E-state index < -0.39 is 0 Å². The molecule has 0 bridgehead atoms. The number of amides is 2. The van der Waals surface area contributed by atoms with Crippen molar-refractivity contribution in [2.24, 2.45) is 0 Å². The molecular weight excluding hydrogens is 436 g/mol. The fraction of sp³-hybridized carbons (Fsp3) is 0.455. The third kappa shape index (κ3) is 6.54. The van der Waals surface area contributed by atoms with Crippen LogP contribution in [0, 0.1) is 0 Å². The number of esters is 1. The molecule has 2 aliphatic rings. The van der Waals surface area contributed by atoms with Gasteiger partial charge in [-0.05, 0) is 49.5 Å². The Morgan fingerprint density at radius 1 is 1.16 bits per heavy atom. The molecule has 1 aromatic rings. The molecule has 0 unspecified atom stereocenters. The van der Waals surface area contributed by atoms with Gasteiger partial charge in [0.15, 0.2) is 6.61 Å². The number of thiocarbonyl (C=S) groups is 1. The largest absolute Gasteiger partial charge is 0.484 e. The molecule has 1 aromatic carbocycles. The highest BCUT2D eigenvalue weighted by Crippen LogP contribution is 2.33. The fourth-order valence-electron chi connectivity index (χ4n) is 3.37. The Morgan fingerprint density at radius 3 is 2.55 bits per heavy atom. The Morgan fingerprint density at radius 2 is 1.87 bits per heavy atom. The van der Waals surface area contributed by atoms with Crippen molar-refractivity contribution in [3.05, 3.63) is 34.7 Å². The van der Waals surface area contributed by atoms with Crippen LogP contribution in [0.3, 0.4) is 0 Å². The van der Waals surface area contributed by atoms with Crippen LogP contribution in [0.5, 0.6) is 5.75 Å². The van der Waals surface area contributed by atoms with Crippen molar-refractivity contribution < 1.29 is 23.9 Å². The lowest BCUT2D eigenvalue weighted by molar-refractivity contribution is -0.141. The van der Waals surface area contributed by atoms with E-state index in [1.807, 2.05) is 17.0 Å². The highest BCUT2D eigenvalue weighted by molar-refractivity contribution is 8.26. The molecule has 166 valence electrons. The fourth-order valence-corrected chi connectivity index (χ4v) is 4.68. The minimum absolute atomic E-state index is 0.0136. The molecule has 0 aliphatic carbocycles. The number of methoxy groups -OCH3 is 1. The van der Waals surface area contributed by atoms with Gasteiger partial charge in [-0.1, -0.05) is 36.1 Å². The molecule has 9 heteroatoms. The normalized spacial score (nSPS) is 17.9. The molecule has 0 saturated carbocycles. The van der Waals surface area contributed by atoms with Crippen LogP contribution in [0.2, 0.25) is 0 Å². The maximum atomic E-state index is 12.6. The Bertz CT molecular complexity index is 863. The van der Waals surface area contributed by atoms with Crippen LogP contribution in [0.25, 0.3) is 6.08 Å². The Balaban J connectivity index is 1.52. The summed E-state index contributed by atoms with van der Waals surface area (Å²) >= 11 is 6.55. The quantitative estimate of drug-likeness (QED) is 0.333. The van der Waals surface area contributed by atoms with Crippen LogP contribution in [-0.2, 0) is 19.1 Å². The van der Waals surface area contributed by atoms with E-state index in [1.54, 1.807) is 18.2 Å². The number of carbonyl (C=O) groups excluding carboxylic acids is 3. The molecule has 7 nitrogen and oxygen atoms in total. The highest BCUT2D eigenvalue weighted by atomic mass is 32.2. The summed E-state index contributed by atoms with van der Waals surface area (Å²) in [5.41, 5.74) is 0.838. The monoisotopic (exact) mass is 462 g/mol. The molecule has 2 amide bonds. The smallest absolute Gasteiger partial charge is 0.305 e. The van der Waals surface area contributed by atoms with E-state index in [4.69, 9.17) is 17.0 Å². The van der Waals surface area contributed by atoms with E-state index in [-0.39, 0.29) is 30.8 Å². The van der Waals surface area contributed by atoms with Gasteiger partial charge in [-0.25, -0.2) is 0 Å². The summed E-state index contributed by atoms with van der Waals surface area (Å²) in [6, 6.07) is 7.24. The predicted molar refractivity (Wildman–Crippen MR) is 123 cm³/mol. The predicted octanol–water partition coefficient (Wildman–Crippen LogP) is 3.23. The number of piperidine rings is 1. The summed E-state index contributed by atoms with van der Waals surface area (Å²) in [6.07, 6.45) is 5.81. The van der Waals surface area contributed by atoms with Crippen LogP contribution >= 0.6 is 24.0 Å². The van der Waals surface area contributed by atoms with Gasteiger partial charge in [0.1, 0.15) is 10.1 Å². The molecule has 2 fully saturated rings. The second-order valence-corrected chi connectivity index (χ2v) is 8.99. The van der Waals surface area contributed by atoms with Crippen molar-refractivity contribution in [1.82, 2.24) is 9.80 Å². The number of benzene rings is 1. The Hall–Kier alpha value is -2.39. The molecule has 3 rings (SSSR count). The lowest BCUT2D eigenvalue weighted by Gasteiger charge is -2.26. The molecule has 0 aromatic heterocycles. The molecule has 0 radical (unpaired) electrons. The number of likely N-dealkylation sites (tertiary alicyclic amines) is 1. The van der Waals surface area contributed by atoms with Crippen molar-refractivity contribution in [3.63, 3.8) is 0 Å². The van der Waals surface area contributed by atoms with Crippen molar-refractivity contribution in [1.29, 1.82) is 0 Å². The number of hydrogen-bond donors (Lipinski definition) is 0. The summed E-state index contributed by atoms with van der Waals surface area (Å²) in [5.74, 6) is 0.158. The van der Waals surface area contributed by atoms with Gasteiger partial charge >= 0.3 is 5.97 Å². The van der Waals surface area contributed by atoms with Gasteiger partial charge < -0.3 is 14.4 Å². The molecule has 0 spiro atoms. The first-order valence-corrected chi connectivity index (χ1v) is 11.5. The SMILES string of the molecule is COC(=O)CCCN1C(=O)/C(=C\c2ccc(OCC(=O)N3CCCCC3)cc2)SC1=S. The number of rotatable bonds is 8. The topological polar surface area (TPSA) is 76.1 Å². The second-order valence-electron chi connectivity index (χ2n) is 7.31. The molecule has 2 aliphatic heterocycles. The molecule has 31 heavy (non-hydrogen) atoms. The number of hydrogen-bond acceptors (Lipinski definition) is 7. The number of nitrogens with zero attached hydrogens (tertiary/aromatic N) is 2. The van der Waals surface area contributed by atoms with Crippen LogP contribution < -0.4 is 4.74 Å². The van der Waals surface area contributed by atoms with Crippen molar-refractivity contribution in [2.45, 2.75) is 32.1 Å². The average Bonchev–Trinajstić information content (AvgIpc) is 3.06. The van der Waals surface area contributed by atoms with E-state index in [1.165, 1.54) is 30.2 Å². The zero-order valence-corrected chi connectivity index (χ0v) is 19.1. The van der Waals surface area contributed by atoms with Crippen LogP contribution in [0.4, 0.5) is 0 Å². The lowest BCUT2D eigenvalue weighted by atomic mass is 10.1. The van der Waals surface area contributed by atoms with Gasteiger partial charge in [0, 0.05) is 26.1 Å². The van der Waals surface area contributed by atoms with Crippen molar-refractivity contribution >= 4 is 52.2 Å². The molecular formula is C22H26N2O5S2. The lowest BCUT2D eigenvalue weighted by Crippen LogP contribution is -2.38. The van der Waals surface area contributed by atoms with E-state index in [0.717, 1.165) is 31.5 Å². The summed E-state index contributed by atoms with van der Waals surface area (Å²) < 4.78 is 10.7. The minimum Gasteiger partial charge on any atom is -0.484 e. The van der Waals surface area contributed by atoms with Gasteiger partial charge in [0.2, 0.25) is 0 Å². The first-order valence-electron chi connectivity index (χ1n) is 10.3. The van der Waals surface area contributed by atoms with E-state index in [9.17, 15) is 14.4 Å². The van der Waals surface area contributed by atoms with E-state index >= 15 is 0 Å². The van der Waals surface area contributed by atoms with E-state index in [2.05, 4.69) is 4.74 Å². The van der Waals surface area contributed by atoms with E-state index in [0.29, 0.717) is 27.9 Å². The second kappa shape index (κ2) is 11.3. The zero-order chi connectivity index (χ0) is 22.2. The van der Waals surface area contributed by atoms with Gasteiger partial charge in [0.05, 0.1) is 12.0 Å². The third-order valence-electron chi connectivity index (χ3n) is 5.11. The maximum absolute atomic E-state index is 12.6. The van der Waals surface area contributed by atoms with Crippen LogP contribution in [-0.4, -0.2) is 65.3 Å². The van der Waals surface area contributed by atoms with Crippen molar-refractivity contribution in [3.8, 4) is 5.75 Å². The third-order valence-corrected chi connectivity index (χ3v) is 6.49. The van der Waals surface area contributed by atoms with Gasteiger partial charge in [-0.3, -0.25) is 19.3 Å². The minimum atomic E-state index is -0.305. The molecule has 0 N–H and O–H groups in total. The highest BCUT2D eigenvalue weighted by Gasteiger charge is 2.31. The van der Waals surface area contributed by atoms with Gasteiger partial charge in [-0.15, -0.1) is 0 Å². The average molecular weight is 463 g/mol. The molecule has 0 atom stereocenters. The first kappa shape index (κ1) is 23.3. The number of thioether (sulfide) groups is 1. The molecule has 2 heterocycles. The Kier molecular flexibility index (Phi) is 8.48. The summed E-state index contributed by atoms with van der Waals surface area (Å²) in [7, 11) is 1.34. The number of ether oxygens (including phenoxy) is 2. The van der Waals surface area contributed by atoms with Crippen LogP contribution in [0.15, 0.2) is 29.2 Å². The molecule has 2 saturated heterocycles. The summed E-state index contributed by atoms with van der Waals surface area (Å²) in [6.45, 7) is 2.03. The van der Waals surface area contributed by atoms with Crippen molar-refractivity contribution in [2.75, 3.05) is 33.4 Å². The van der Waals surface area contributed by atoms with Crippen LogP contribution in [0.1, 0.15) is 37.7 Å². The standard InChI is InChI=1S/C22H26N2O5S2/c1-28-20(26)6-5-13-24-21(27)18(31-22(24)30)14-16-7-9-17(10-8-16)29-15-19(25)23-11-3-2-4-12-23/h7-10,14H,2-6,11-13,15H2,1H3/b18-14+. The maximum Gasteiger partial charge on any atom is 0.305 e.